The fourth-order valence-electron chi connectivity index (χ4n) is 2.53. The number of fused-ring (bicyclic) bond motifs is 1. The van der Waals surface area contributed by atoms with Gasteiger partial charge < -0.3 is 4.98 Å². The molecule has 0 fully saturated rings. The van der Waals surface area contributed by atoms with Gasteiger partial charge in [-0.2, -0.15) is 0 Å². The maximum absolute atomic E-state index is 12.6. The summed E-state index contributed by atoms with van der Waals surface area (Å²) in [4.78, 5) is 19.9. The fraction of sp³-hybridized carbons (Fsp3) is 0.467. The monoisotopic (exact) mass is 278 g/mol. The number of Topliss-reactive ketones (excluding diaryl/α,β-unsaturated/α-hetero) is 1. The van der Waals surface area contributed by atoms with Crippen molar-refractivity contribution < 1.29 is 4.79 Å². The van der Waals surface area contributed by atoms with Crippen LogP contribution >= 0.6 is 11.6 Å². The van der Waals surface area contributed by atoms with E-state index in [0.717, 1.165) is 31.1 Å². The minimum Gasteiger partial charge on any atom is -0.345 e. The van der Waals surface area contributed by atoms with Crippen molar-refractivity contribution in [2.75, 3.05) is 0 Å². The molecule has 102 valence electrons. The van der Waals surface area contributed by atoms with E-state index in [1.165, 1.54) is 0 Å². The van der Waals surface area contributed by atoms with Gasteiger partial charge in [0, 0.05) is 29.3 Å². The van der Waals surface area contributed by atoms with Gasteiger partial charge in [-0.05, 0) is 18.9 Å². The van der Waals surface area contributed by atoms with Gasteiger partial charge in [0.25, 0.3) is 0 Å². The molecule has 0 amide bonds. The van der Waals surface area contributed by atoms with Gasteiger partial charge in [0.1, 0.15) is 5.65 Å². The first-order valence-electron chi connectivity index (χ1n) is 6.84. The Morgan fingerprint density at radius 1 is 1.37 bits per heavy atom. The van der Waals surface area contributed by atoms with E-state index >= 15 is 0 Å². The number of nitrogens with one attached hydrogen (secondary N) is 1. The number of nitrogens with zero attached hydrogens (tertiary/aromatic N) is 1. The molecule has 2 aromatic rings. The van der Waals surface area contributed by atoms with Gasteiger partial charge in [0.15, 0.2) is 5.78 Å². The molecule has 0 aliphatic rings. The Morgan fingerprint density at radius 2 is 2.05 bits per heavy atom. The van der Waals surface area contributed by atoms with Crippen molar-refractivity contribution >= 4 is 28.4 Å². The number of hydrogen-bond donors (Lipinski definition) is 1. The second-order valence-corrected chi connectivity index (χ2v) is 5.26. The molecule has 0 radical (unpaired) electrons. The van der Waals surface area contributed by atoms with Crippen molar-refractivity contribution in [3.8, 4) is 0 Å². The summed E-state index contributed by atoms with van der Waals surface area (Å²) in [6.45, 7) is 4.22. The molecule has 2 aromatic heterocycles. The summed E-state index contributed by atoms with van der Waals surface area (Å²) >= 11 is 6.19. The van der Waals surface area contributed by atoms with E-state index < -0.39 is 0 Å². The Balaban J connectivity index is 2.40. The lowest BCUT2D eigenvalue weighted by Gasteiger charge is -2.13. The Hall–Kier alpha value is -1.35. The molecule has 19 heavy (non-hydrogen) atoms. The van der Waals surface area contributed by atoms with Crippen LogP contribution in [0.15, 0.2) is 18.5 Å². The van der Waals surface area contributed by atoms with Crippen LogP contribution in [0, 0.1) is 5.92 Å². The van der Waals surface area contributed by atoms with Crippen molar-refractivity contribution in [2.45, 2.75) is 39.5 Å². The van der Waals surface area contributed by atoms with E-state index in [0.29, 0.717) is 16.2 Å². The van der Waals surface area contributed by atoms with Gasteiger partial charge >= 0.3 is 0 Å². The van der Waals surface area contributed by atoms with Crippen LogP contribution in [0.3, 0.4) is 0 Å². The quantitative estimate of drug-likeness (QED) is 0.784. The second-order valence-electron chi connectivity index (χ2n) is 4.86. The average Bonchev–Trinajstić information content (AvgIpc) is 2.83. The molecule has 0 saturated heterocycles. The van der Waals surface area contributed by atoms with Crippen LogP contribution in [0.2, 0.25) is 5.02 Å². The Labute approximate surface area is 118 Å². The highest BCUT2D eigenvalue weighted by molar-refractivity contribution is 6.36. The highest BCUT2D eigenvalue weighted by Gasteiger charge is 2.22. The van der Waals surface area contributed by atoms with Crippen LogP contribution in [-0.2, 0) is 0 Å². The van der Waals surface area contributed by atoms with E-state index in [9.17, 15) is 4.79 Å². The molecule has 4 heteroatoms. The third kappa shape index (κ3) is 2.81. The van der Waals surface area contributed by atoms with Crippen LogP contribution in [0.5, 0.6) is 0 Å². The normalized spacial score (nSPS) is 11.4. The number of pyridine rings is 1. The van der Waals surface area contributed by atoms with E-state index in [4.69, 9.17) is 11.6 Å². The molecule has 1 N–H and O–H groups in total. The van der Waals surface area contributed by atoms with Crippen LogP contribution in [0.1, 0.15) is 49.9 Å². The molecule has 0 bridgehead atoms. The maximum atomic E-state index is 12.6. The van der Waals surface area contributed by atoms with Crippen molar-refractivity contribution in [1.29, 1.82) is 0 Å². The molecule has 3 nitrogen and oxygen atoms in total. The van der Waals surface area contributed by atoms with Crippen molar-refractivity contribution in [2.24, 2.45) is 5.92 Å². The number of hydrogen-bond acceptors (Lipinski definition) is 2. The summed E-state index contributed by atoms with van der Waals surface area (Å²) in [5, 5.41) is 1.34. The average molecular weight is 279 g/mol. The van der Waals surface area contributed by atoms with E-state index in [-0.39, 0.29) is 11.7 Å². The smallest absolute Gasteiger partial charge is 0.168 e. The number of halogens is 1. The molecular formula is C15H19ClN2O. The third-order valence-corrected chi connectivity index (χ3v) is 3.75. The highest BCUT2D eigenvalue weighted by Crippen LogP contribution is 2.29. The maximum Gasteiger partial charge on any atom is 0.168 e. The molecule has 2 rings (SSSR count). The molecule has 0 spiro atoms. The zero-order valence-electron chi connectivity index (χ0n) is 11.4. The zero-order chi connectivity index (χ0) is 13.8. The molecule has 2 heterocycles. The van der Waals surface area contributed by atoms with Crippen LogP contribution in [0.25, 0.3) is 11.0 Å². The lowest BCUT2D eigenvalue weighted by atomic mass is 9.90. The predicted octanol–water partition coefficient (Wildman–Crippen LogP) is 4.62. The topological polar surface area (TPSA) is 45.8 Å². The van der Waals surface area contributed by atoms with E-state index in [2.05, 4.69) is 23.8 Å². The summed E-state index contributed by atoms with van der Waals surface area (Å²) in [7, 11) is 0. The highest BCUT2D eigenvalue weighted by atomic mass is 35.5. The number of ketones is 1. The number of carbonyl (C=O) groups excluding carboxylic acids is 1. The Bertz CT molecular complexity index is 571. The van der Waals surface area contributed by atoms with Gasteiger partial charge in [-0.25, -0.2) is 4.98 Å². The standard InChI is InChI=1S/C15H19ClN2O/c1-3-5-10(6-4-2)14(19)11-9-18-15-13(11)12(16)7-8-17-15/h7-10H,3-6H2,1-2H3,(H,17,18). The molecule has 0 atom stereocenters. The van der Waals surface area contributed by atoms with Crippen molar-refractivity contribution in [1.82, 2.24) is 9.97 Å². The Morgan fingerprint density at radius 3 is 2.68 bits per heavy atom. The summed E-state index contributed by atoms with van der Waals surface area (Å²) < 4.78 is 0. The SMILES string of the molecule is CCCC(CCC)C(=O)c1c[nH]c2nccc(Cl)c12. The zero-order valence-corrected chi connectivity index (χ0v) is 12.1. The second kappa shape index (κ2) is 6.20. The predicted molar refractivity (Wildman–Crippen MR) is 78.7 cm³/mol. The summed E-state index contributed by atoms with van der Waals surface area (Å²) in [6, 6.07) is 1.73. The van der Waals surface area contributed by atoms with Crippen LogP contribution in [-0.4, -0.2) is 15.8 Å². The first-order chi connectivity index (χ1) is 9.19. The van der Waals surface area contributed by atoms with Crippen molar-refractivity contribution in [3.63, 3.8) is 0 Å². The third-order valence-electron chi connectivity index (χ3n) is 3.43. The fourth-order valence-corrected chi connectivity index (χ4v) is 2.78. The molecular weight excluding hydrogens is 260 g/mol. The number of aromatic amines is 1. The summed E-state index contributed by atoms with van der Waals surface area (Å²) in [5.74, 6) is 0.273. The van der Waals surface area contributed by atoms with Gasteiger partial charge in [-0.15, -0.1) is 0 Å². The van der Waals surface area contributed by atoms with Gasteiger partial charge in [0.2, 0.25) is 0 Å². The molecule has 0 unspecified atom stereocenters. The van der Waals surface area contributed by atoms with E-state index in [1.54, 1.807) is 18.5 Å². The molecule has 0 aliphatic heterocycles. The number of rotatable bonds is 6. The molecule has 0 aromatic carbocycles. The van der Waals surface area contributed by atoms with E-state index in [1.807, 2.05) is 0 Å². The lowest BCUT2D eigenvalue weighted by molar-refractivity contribution is 0.0906. The summed E-state index contributed by atoms with van der Waals surface area (Å²) in [5.41, 5.74) is 1.36. The first-order valence-corrected chi connectivity index (χ1v) is 7.22. The van der Waals surface area contributed by atoms with Gasteiger partial charge in [-0.1, -0.05) is 38.3 Å². The number of carbonyl (C=O) groups is 1. The van der Waals surface area contributed by atoms with Crippen LogP contribution < -0.4 is 0 Å². The number of aromatic nitrogens is 2. The first kappa shape index (κ1) is 14.1. The largest absolute Gasteiger partial charge is 0.345 e. The molecule has 0 saturated carbocycles. The minimum absolute atomic E-state index is 0.0882. The summed E-state index contributed by atoms with van der Waals surface area (Å²) in [6.07, 6.45) is 7.28. The minimum atomic E-state index is 0.0882. The van der Waals surface area contributed by atoms with Crippen molar-refractivity contribution in [3.05, 3.63) is 29.0 Å². The van der Waals surface area contributed by atoms with Gasteiger partial charge in [-0.3, -0.25) is 4.79 Å². The molecule has 0 aliphatic carbocycles. The number of H-pyrrole nitrogens is 1. The Kier molecular flexibility index (Phi) is 4.59. The van der Waals surface area contributed by atoms with Gasteiger partial charge in [0.05, 0.1) is 5.02 Å². The lowest BCUT2D eigenvalue weighted by Crippen LogP contribution is -2.14. The van der Waals surface area contributed by atoms with Crippen LogP contribution in [0.4, 0.5) is 0 Å².